The molecular weight excluding hydrogens is 222 g/mol. The lowest BCUT2D eigenvalue weighted by Gasteiger charge is -2.11. The van der Waals surface area contributed by atoms with Crippen molar-refractivity contribution < 1.29 is 19.1 Å². The zero-order valence-corrected chi connectivity index (χ0v) is 9.80. The van der Waals surface area contributed by atoms with Crippen molar-refractivity contribution in [2.45, 2.75) is 20.0 Å². The van der Waals surface area contributed by atoms with Gasteiger partial charge in [0.15, 0.2) is 6.10 Å². The first-order valence-corrected chi connectivity index (χ1v) is 5.27. The number of hydrogen-bond acceptors (Lipinski definition) is 4. The number of primary amides is 1. The molecule has 1 atom stereocenters. The zero-order chi connectivity index (χ0) is 12.8. The molecule has 0 aliphatic heterocycles. The number of amides is 1. The van der Waals surface area contributed by atoms with Gasteiger partial charge in [0.25, 0.3) is 5.91 Å². The van der Waals surface area contributed by atoms with Crippen LogP contribution in [0.15, 0.2) is 24.3 Å². The van der Waals surface area contributed by atoms with Crippen molar-refractivity contribution in [1.29, 1.82) is 0 Å². The Morgan fingerprint density at radius 1 is 1.41 bits per heavy atom. The van der Waals surface area contributed by atoms with Crippen LogP contribution >= 0.6 is 0 Å². The van der Waals surface area contributed by atoms with E-state index in [0.717, 1.165) is 0 Å². The summed E-state index contributed by atoms with van der Waals surface area (Å²) in [6, 6.07) is 6.41. The molecule has 2 N–H and O–H groups in total. The van der Waals surface area contributed by atoms with Crippen LogP contribution in [0, 0.1) is 0 Å². The normalized spacial score (nSPS) is 11.6. The number of esters is 1. The molecule has 0 spiro atoms. The van der Waals surface area contributed by atoms with Gasteiger partial charge in [-0.1, -0.05) is 6.07 Å². The number of benzene rings is 1. The monoisotopic (exact) mass is 237 g/mol. The summed E-state index contributed by atoms with van der Waals surface area (Å²) in [5.74, 6) is -0.585. The zero-order valence-electron chi connectivity index (χ0n) is 9.80. The molecule has 5 heteroatoms. The molecule has 0 aromatic heterocycles. The molecule has 0 bridgehead atoms. The van der Waals surface area contributed by atoms with Gasteiger partial charge in [-0.15, -0.1) is 0 Å². The molecule has 0 aliphatic rings. The van der Waals surface area contributed by atoms with E-state index < -0.39 is 18.0 Å². The van der Waals surface area contributed by atoms with Crippen molar-refractivity contribution >= 4 is 11.9 Å². The summed E-state index contributed by atoms with van der Waals surface area (Å²) < 4.78 is 10.1. The van der Waals surface area contributed by atoms with Crippen LogP contribution in [0.25, 0.3) is 0 Å². The van der Waals surface area contributed by atoms with Gasteiger partial charge in [0.2, 0.25) is 0 Å². The fourth-order valence-electron chi connectivity index (χ4n) is 1.17. The highest BCUT2D eigenvalue weighted by atomic mass is 16.5. The number of carbonyl (C=O) groups excluding carboxylic acids is 2. The van der Waals surface area contributed by atoms with E-state index in [9.17, 15) is 9.59 Å². The Kier molecular flexibility index (Phi) is 4.51. The first kappa shape index (κ1) is 13.0. The van der Waals surface area contributed by atoms with Gasteiger partial charge in [0.05, 0.1) is 12.2 Å². The lowest BCUT2D eigenvalue weighted by Crippen LogP contribution is -2.30. The van der Waals surface area contributed by atoms with E-state index in [-0.39, 0.29) is 0 Å². The van der Waals surface area contributed by atoms with Crippen molar-refractivity contribution in [1.82, 2.24) is 0 Å². The predicted octanol–water partition coefficient (Wildman–Crippen LogP) is 1.12. The standard InChI is InChI=1S/C12H15NO4/c1-3-16-12(15)9-5-4-6-10(7-9)17-8(2)11(13)14/h4-8H,3H2,1-2H3,(H2,13,14)/t8-/m0/s1. The highest BCUT2D eigenvalue weighted by molar-refractivity contribution is 5.89. The van der Waals surface area contributed by atoms with Crippen LogP contribution in [0.4, 0.5) is 0 Å². The van der Waals surface area contributed by atoms with Gasteiger partial charge < -0.3 is 15.2 Å². The van der Waals surface area contributed by atoms with Gasteiger partial charge in [-0.3, -0.25) is 4.79 Å². The molecule has 0 saturated carbocycles. The molecule has 1 aromatic rings. The van der Waals surface area contributed by atoms with E-state index in [2.05, 4.69) is 0 Å². The largest absolute Gasteiger partial charge is 0.481 e. The smallest absolute Gasteiger partial charge is 0.338 e. The van der Waals surface area contributed by atoms with Crippen molar-refractivity contribution in [3.8, 4) is 5.75 Å². The van der Waals surface area contributed by atoms with Crippen LogP contribution in [0.5, 0.6) is 5.75 Å². The Bertz CT molecular complexity index is 417. The fraction of sp³-hybridized carbons (Fsp3) is 0.333. The maximum absolute atomic E-state index is 11.4. The van der Waals surface area contributed by atoms with Gasteiger partial charge in [-0.2, -0.15) is 0 Å². The second-order valence-corrected chi connectivity index (χ2v) is 3.41. The highest BCUT2D eigenvalue weighted by Gasteiger charge is 2.12. The number of rotatable bonds is 5. The Hall–Kier alpha value is -2.04. The summed E-state index contributed by atoms with van der Waals surface area (Å²) in [4.78, 5) is 22.3. The van der Waals surface area contributed by atoms with Crippen LogP contribution in [0.3, 0.4) is 0 Å². The second kappa shape index (κ2) is 5.89. The maximum Gasteiger partial charge on any atom is 0.338 e. The minimum atomic E-state index is -0.743. The lowest BCUT2D eigenvalue weighted by atomic mass is 10.2. The summed E-state index contributed by atoms with van der Waals surface area (Å²) in [5, 5.41) is 0. The van der Waals surface area contributed by atoms with Gasteiger partial charge in [-0.05, 0) is 32.0 Å². The van der Waals surface area contributed by atoms with Crippen LogP contribution in [0.2, 0.25) is 0 Å². The van der Waals surface area contributed by atoms with E-state index in [1.807, 2.05) is 0 Å². The van der Waals surface area contributed by atoms with E-state index >= 15 is 0 Å². The quantitative estimate of drug-likeness (QED) is 0.778. The van der Waals surface area contributed by atoms with Crippen LogP contribution in [-0.4, -0.2) is 24.6 Å². The Morgan fingerprint density at radius 3 is 2.71 bits per heavy atom. The fourth-order valence-corrected chi connectivity index (χ4v) is 1.17. The van der Waals surface area contributed by atoms with Gasteiger partial charge in [-0.25, -0.2) is 4.79 Å². The van der Waals surface area contributed by atoms with E-state index in [0.29, 0.717) is 17.9 Å². The highest BCUT2D eigenvalue weighted by Crippen LogP contribution is 2.15. The minimum absolute atomic E-state index is 0.307. The summed E-state index contributed by atoms with van der Waals surface area (Å²) in [5.41, 5.74) is 5.45. The van der Waals surface area contributed by atoms with Crippen molar-refractivity contribution in [2.75, 3.05) is 6.61 Å². The van der Waals surface area contributed by atoms with Crippen molar-refractivity contribution in [3.63, 3.8) is 0 Å². The minimum Gasteiger partial charge on any atom is -0.481 e. The molecule has 0 heterocycles. The van der Waals surface area contributed by atoms with Crippen molar-refractivity contribution in [2.24, 2.45) is 5.73 Å². The van der Waals surface area contributed by atoms with Crippen LogP contribution < -0.4 is 10.5 Å². The predicted molar refractivity (Wildman–Crippen MR) is 61.7 cm³/mol. The summed E-state index contributed by atoms with van der Waals surface area (Å²) in [7, 11) is 0. The third kappa shape index (κ3) is 3.79. The number of nitrogens with two attached hydrogens (primary N) is 1. The third-order valence-corrected chi connectivity index (χ3v) is 2.06. The van der Waals surface area contributed by atoms with Crippen LogP contribution in [-0.2, 0) is 9.53 Å². The van der Waals surface area contributed by atoms with E-state index in [1.54, 1.807) is 32.0 Å². The summed E-state index contributed by atoms with van der Waals surface area (Å²) in [6.45, 7) is 3.58. The SMILES string of the molecule is CCOC(=O)c1cccc(O[C@@H](C)C(N)=O)c1. The number of carbonyl (C=O) groups is 2. The Morgan fingerprint density at radius 2 is 2.12 bits per heavy atom. The second-order valence-electron chi connectivity index (χ2n) is 3.41. The summed E-state index contributed by atoms with van der Waals surface area (Å²) in [6.07, 6.45) is -0.743. The van der Waals surface area contributed by atoms with Gasteiger partial charge in [0.1, 0.15) is 5.75 Å². The Balaban J connectivity index is 2.79. The average molecular weight is 237 g/mol. The number of ether oxygens (including phenoxy) is 2. The first-order chi connectivity index (χ1) is 8.04. The molecule has 17 heavy (non-hydrogen) atoms. The summed E-state index contributed by atoms with van der Waals surface area (Å²) >= 11 is 0. The van der Waals surface area contributed by atoms with Crippen molar-refractivity contribution in [3.05, 3.63) is 29.8 Å². The molecule has 1 rings (SSSR count). The molecule has 0 unspecified atom stereocenters. The molecule has 0 radical (unpaired) electrons. The third-order valence-electron chi connectivity index (χ3n) is 2.06. The van der Waals surface area contributed by atoms with Gasteiger partial charge in [0, 0.05) is 0 Å². The molecule has 5 nitrogen and oxygen atoms in total. The molecule has 1 amide bonds. The van der Waals surface area contributed by atoms with E-state index in [4.69, 9.17) is 15.2 Å². The molecule has 0 fully saturated rings. The molecule has 0 aliphatic carbocycles. The molecule has 0 saturated heterocycles. The average Bonchev–Trinajstić information content (AvgIpc) is 2.29. The van der Waals surface area contributed by atoms with E-state index in [1.165, 1.54) is 6.07 Å². The van der Waals surface area contributed by atoms with Crippen LogP contribution in [0.1, 0.15) is 24.2 Å². The topological polar surface area (TPSA) is 78.6 Å². The molecule has 92 valence electrons. The first-order valence-electron chi connectivity index (χ1n) is 5.27. The Labute approximate surface area is 99.5 Å². The molecular formula is C12H15NO4. The maximum atomic E-state index is 11.4. The lowest BCUT2D eigenvalue weighted by molar-refractivity contribution is -0.123. The molecule has 1 aromatic carbocycles. The van der Waals surface area contributed by atoms with Gasteiger partial charge >= 0.3 is 5.97 Å². The number of hydrogen-bond donors (Lipinski definition) is 1.